The number of fused-ring (bicyclic) bond motifs is 1. The molecule has 8 heteroatoms. The Morgan fingerprint density at radius 1 is 1.03 bits per heavy atom. The van der Waals surface area contributed by atoms with Crippen molar-refractivity contribution in [3.8, 4) is 0 Å². The van der Waals surface area contributed by atoms with Crippen molar-refractivity contribution in [1.29, 1.82) is 0 Å². The molecule has 4 rings (SSSR count). The van der Waals surface area contributed by atoms with E-state index in [-0.39, 0.29) is 22.9 Å². The average molecular weight is 499 g/mol. The van der Waals surface area contributed by atoms with E-state index >= 15 is 4.39 Å². The lowest BCUT2D eigenvalue weighted by molar-refractivity contribution is -0.130. The molecule has 1 heterocycles. The summed E-state index contributed by atoms with van der Waals surface area (Å²) in [5.74, 6) is -1.67. The van der Waals surface area contributed by atoms with E-state index in [4.69, 9.17) is 23.2 Å². The van der Waals surface area contributed by atoms with Gasteiger partial charge in [-0.1, -0.05) is 60.1 Å². The Morgan fingerprint density at radius 3 is 2.35 bits per heavy atom. The van der Waals surface area contributed by atoms with Gasteiger partial charge in [0, 0.05) is 22.0 Å². The van der Waals surface area contributed by atoms with E-state index in [1.807, 2.05) is 0 Å². The fourth-order valence-electron chi connectivity index (χ4n) is 3.85. The maximum absolute atomic E-state index is 15.7. The van der Waals surface area contributed by atoms with Crippen LogP contribution >= 0.6 is 23.2 Å². The van der Waals surface area contributed by atoms with Crippen LogP contribution in [-0.2, 0) is 4.79 Å². The first-order valence-corrected chi connectivity index (χ1v) is 11.0. The van der Waals surface area contributed by atoms with Gasteiger partial charge in [0.1, 0.15) is 5.82 Å². The summed E-state index contributed by atoms with van der Waals surface area (Å²) in [6.45, 7) is 2.86. The van der Waals surface area contributed by atoms with E-state index in [9.17, 15) is 14.3 Å². The van der Waals surface area contributed by atoms with Crippen LogP contribution in [0.15, 0.2) is 67.4 Å². The average Bonchev–Trinajstić information content (AvgIpc) is 3.30. The van der Waals surface area contributed by atoms with Crippen molar-refractivity contribution in [3.05, 3.63) is 105 Å². The molecular weight excluding hydrogens is 481 g/mol. The topological polar surface area (TPSA) is 66.0 Å². The maximum atomic E-state index is 15.7. The zero-order chi connectivity index (χ0) is 24.4. The Morgan fingerprint density at radius 2 is 1.71 bits per heavy atom. The number of carboxylic acid groups (broad SMARTS) is 1. The number of nitrogens with zero attached hydrogens (tertiary/aromatic N) is 1. The molecule has 0 saturated heterocycles. The highest BCUT2D eigenvalue weighted by Crippen LogP contribution is 2.40. The zero-order valence-corrected chi connectivity index (χ0v) is 19.2. The molecule has 0 amide bonds. The third-order valence-electron chi connectivity index (χ3n) is 5.51. The molecule has 0 radical (unpaired) electrons. The Balaban J connectivity index is 2.03. The molecule has 0 aliphatic rings. The van der Waals surface area contributed by atoms with E-state index in [1.165, 1.54) is 6.20 Å². The number of alkyl halides is 1. The van der Waals surface area contributed by atoms with Crippen LogP contribution in [0.5, 0.6) is 0 Å². The first-order chi connectivity index (χ1) is 16.3. The van der Waals surface area contributed by atoms with Crippen molar-refractivity contribution in [2.45, 2.75) is 6.42 Å². The van der Waals surface area contributed by atoms with Gasteiger partial charge in [0.2, 0.25) is 0 Å². The molecule has 0 aliphatic heterocycles. The minimum absolute atomic E-state index is 0.0386. The van der Waals surface area contributed by atoms with Crippen molar-refractivity contribution in [2.24, 2.45) is 0 Å². The number of nitrogens with one attached hydrogen (secondary N) is 1. The summed E-state index contributed by atoms with van der Waals surface area (Å²) in [4.78, 5) is 11.3. The van der Waals surface area contributed by atoms with E-state index in [0.29, 0.717) is 43.4 Å². The minimum atomic E-state index is -1.15. The van der Waals surface area contributed by atoms with Crippen LogP contribution in [0.25, 0.3) is 27.6 Å². The molecule has 2 N–H and O–H groups in total. The van der Waals surface area contributed by atoms with Crippen LogP contribution in [0.2, 0.25) is 10.0 Å². The Hall–Kier alpha value is -3.48. The number of H-pyrrole nitrogens is 1. The van der Waals surface area contributed by atoms with Gasteiger partial charge in [0.25, 0.3) is 0 Å². The third-order valence-corrected chi connectivity index (χ3v) is 6.06. The van der Waals surface area contributed by atoms with Crippen LogP contribution < -0.4 is 0 Å². The second-order valence-electron chi connectivity index (χ2n) is 7.54. The Kier molecular flexibility index (Phi) is 6.82. The summed E-state index contributed by atoms with van der Waals surface area (Å²) < 4.78 is 29.5. The number of aromatic nitrogens is 2. The van der Waals surface area contributed by atoms with Crippen LogP contribution in [0.1, 0.15) is 28.7 Å². The van der Waals surface area contributed by atoms with Crippen LogP contribution in [0.4, 0.5) is 8.78 Å². The number of aliphatic carboxylic acids is 1. The van der Waals surface area contributed by atoms with E-state index in [0.717, 1.165) is 0 Å². The van der Waals surface area contributed by atoms with Crippen molar-refractivity contribution < 1.29 is 18.7 Å². The second-order valence-corrected chi connectivity index (χ2v) is 8.38. The lowest BCUT2D eigenvalue weighted by atomic mass is 9.86. The summed E-state index contributed by atoms with van der Waals surface area (Å²) in [6.07, 6.45) is 1.35. The lowest BCUT2D eigenvalue weighted by Crippen LogP contribution is -2.01. The van der Waals surface area contributed by atoms with Gasteiger partial charge in [-0.3, -0.25) is 9.49 Å². The molecule has 0 saturated carbocycles. The van der Waals surface area contributed by atoms with Gasteiger partial charge in [-0.15, -0.1) is 0 Å². The smallest absolute Gasteiger partial charge is 0.335 e. The number of carboxylic acids is 1. The standard InChI is InChI=1S/C26H18Cl2F2N2O2/c1-14(26(33)34)15-2-4-16(5-3-15)24(20-8-9-23-21(25(20)30)13-31-32-23)19(10-11-29)18-7-6-17(27)12-22(18)28/h2-9,12-13H,1,10-11H2,(H,31,32)(H,33,34)/b24-19+. The highest BCUT2D eigenvalue weighted by Gasteiger charge is 2.21. The van der Waals surface area contributed by atoms with Gasteiger partial charge >= 0.3 is 5.97 Å². The van der Waals surface area contributed by atoms with Gasteiger partial charge in [-0.05, 0) is 52.1 Å². The van der Waals surface area contributed by atoms with Crippen LogP contribution in [0, 0.1) is 5.82 Å². The van der Waals surface area contributed by atoms with Gasteiger partial charge in [0.15, 0.2) is 0 Å². The monoisotopic (exact) mass is 498 g/mol. The molecular formula is C26H18Cl2F2N2O2. The molecule has 0 atom stereocenters. The second kappa shape index (κ2) is 9.79. The molecule has 34 heavy (non-hydrogen) atoms. The fourth-order valence-corrected chi connectivity index (χ4v) is 4.38. The highest BCUT2D eigenvalue weighted by molar-refractivity contribution is 6.36. The molecule has 0 aliphatic carbocycles. The Labute approximate surface area is 204 Å². The molecule has 0 fully saturated rings. The Bertz CT molecular complexity index is 1440. The zero-order valence-electron chi connectivity index (χ0n) is 17.7. The predicted octanol–water partition coefficient (Wildman–Crippen LogP) is 7.43. The number of aromatic amines is 1. The number of hydrogen-bond donors (Lipinski definition) is 2. The van der Waals surface area contributed by atoms with Crippen LogP contribution in [-0.4, -0.2) is 27.9 Å². The quantitative estimate of drug-likeness (QED) is 0.205. The lowest BCUT2D eigenvalue weighted by Gasteiger charge is -2.19. The van der Waals surface area contributed by atoms with Gasteiger partial charge in [-0.25, -0.2) is 9.18 Å². The van der Waals surface area contributed by atoms with Crippen molar-refractivity contribution in [2.75, 3.05) is 6.67 Å². The number of allylic oxidation sites excluding steroid dienone is 1. The molecule has 1 aromatic heterocycles. The molecule has 4 nitrogen and oxygen atoms in total. The molecule has 0 bridgehead atoms. The molecule has 4 aromatic rings. The van der Waals surface area contributed by atoms with E-state index in [1.54, 1.807) is 54.6 Å². The highest BCUT2D eigenvalue weighted by atomic mass is 35.5. The normalized spacial score (nSPS) is 12.0. The third kappa shape index (κ3) is 4.47. The number of rotatable bonds is 7. The van der Waals surface area contributed by atoms with Gasteiger partial charge in [-0.2, -0.15) is 5.10 Å². The molecule has 172 valence electrons. The van der Waals surface area contributed by atoms with Crippen molar-refractivity contribution in [1.82, 2.24) is 10.2 Å². The van der Waals surface area contributed by atoms with Crippen molar-refractivity contribution in [3.63, 3.8) is 0 Å². The molecule has 0 spiro atoms. The van der Waals surface area contributed by atoms with E-state index in [2.05, 4.69) is 16.8 Å². The minimum Gasteiger partial charge on any atom is -0.478 e. The van der Waals surface area contributed by atoms with E-state index < -0.39 is 18.5 Å². The van der Waals surface area contributed by atoms with Crippen molar-refractivity contribution >= 4 is 56.8 Å². The fraction of sp³-hybridized carbons (Fsp3) is 0.0769. The summed E-state index contributed by atoms with van der Waals surface area (Å²) in [7, 11) is 0. The van der Waals surface area contributed by atoms with Gasteiger partial charge < -0.3 is 5.11 Å². The maximum Gasteiger partial charge on any atom is 0.335 e. The predicted molar refractivity (Wildman–Crippen MR) is 132 cm³/mol. The SMILES string of the molecule is C=C(C(=O)O)c1ccc(/C(=C(/CCF)c2ccc(Cl)cc2Cl)c2ccc3[nH]ncc3c2F)cc1. The summed E-state index contributed by atoms with van der Waals surface area (Å²) in [5.41, 5.74) is 3.05. The molecule has 0 unspecified atom stereocenters. The summed E-state index contributed by atoms with van der Waals surface area (Å²) in [6, 6.07) is 14.6. The summed E-state index contributed by atoms with van der Waals surface area (Å²) >= 11 is 12.5. The summed E-state index contributed by atoms with van der Waals surface area (Å²) in [5, 5.41) is 16.9. The largest absolute Gasteiger partial charge is 0.478 e. The first-order valence-electron chi connectivity index (χ1n) is 10.2. The first kappa shape index (κ1) is 23.7. The number of carbonyl (C=O) groups is 1. The number of halogens is 4. The van der Waals surface area contributed by atoms with Crippen LogP contribution in [0.3, 0.4) is 0 Å². The number of hydrogen-bond acceptors (Lipinski definition) is 2. The van der Waals surface area contributed by atoms with Gasteiger partial charge in [0.05, 0.1) is 29.3 Å². The number of benzene rings is 3. The molecule has 3 aromatic carbocycles.